The Morgan fingerprint density at radius 3 is 2.35 bits per heavy atom. The van der Waals surface area contributed by atoms with Crippen molar-refractivity contribution in [2.24, 2.45) is 0 Å². The third-order valence-corrected chi connectivity index (χ3v) is 4.32. The molecule has 0 radical (unpaired) electrons. The lowest BCUT2D eigenvalue weighted by molar-refractivity contribution is -0.140. The molecule has 2 aromatic rings. The van der Waals surface area contributed by atoms with E-state index in [2.05, 4.69) is 43.3 Å². The summed E-state index contributed by atoms with van der Waals surface area (Å²) in [6, 6.07) is 18.4. The lowest BCUT2D eigenvalue weighted by Gasteiger charge is -2.16. The first-order chi connectivity index (χ1) is 9.69. The Labute approximate surface area is 124 Å². The summed E-state index contributed by atoms with van der Waals surface area (Å²) in [7, 11) is 1.43. The molecule has 0 bridgehead atoms. The number of ether oxygens (including phenoxy) is 1. The number of benzene rings is 2. The van der Waals surface area contributed by atoms with Crippen LogP contribution in [-0.2, 0) is 9.53 Å². The van der Waals surface area contributed by atoms with E-state index >= 15 is 0 Å². The molecule has 0 aliphatic rings. The van der Waals surface area contributed by atoms with E-state index in [1.54, 1.807) is 11.8 Å². The van der Waals surface area contributed by atoms with Gasteiger partial charge in [0.25, 0.3) is 0 Å². The molecule has 104 valence electrons. The largest absolute Gasteiger partial charge is 0.469 e. The molecule has 2 nitrogen and oxygen atoms in total. The normalized spacial score (nSPS) is 11.9. The highest BCUT2D eigenvalue weighted by Crippen LogP contribution is 2.37. The van der Waals surface area contributed by atoms with E-state index < -0.39 is 0 Å². The van der Waals surface area contributed by atoms with Crippen LogP contribution in [0.15, 0.2) is 59.5 Å². The average Bonchev–Trinajstić information content (AvgIpc) is 2.49. The smallest absolute Gasteiger partial charge is 0.306 e. The van der Waals surface area contributed by atoms with E-state index in [0.29, 0.717) is 6.42 Å². The monoisotopic (exact) mass is 286 g/mol. The van der Waals surface area contributed by atoms with Gasteiger partial charge in [-0.15, -0.1) is 11.8 Å². The highest BCUT2D eigenvalue weighted by molar-refractivity contribution is 7.99. The first kappa shape index (κ1) is 14.7. The fourth-order valence-electron chi connectivity index (χ4n) is 1.91. The standard InChI is InChI=1S/C17H18O2S/c1-13-8-10-15(11-9-13)20-16(12-17(18)19-2)14-6-4-3-5-7-14/h3-11,16H,12H2,1-2H3. The summed E-state index contributed by atoms with van der Waals surface area (Å²) in [5.41, 5.74) is 2.38. The summed E-state index contributed by atoms with van der Waals surface area (Å²) in [5.74, 6) is -0.182. The van der Waals surface area contributed by atoms with Crippen LogP contribution in [0.2, 0.25) is 0 Å². The minimum absolute atomic E-state index is 0.0753. The van der Waals surface area contributed by atoms with Crippen molar-refractivity contribution in [1.82, 2.24) is 0 Å². The molecule has 0 fully saturated rings. The number of esters is 1. The average molecular weight is 286 g/mol. The van der Waals surface area contributed by atoms with Gasteiger partial charge < -0.3 is 4.74 Å². The maximum absolute atomic E-state index is 11.6. The second-order valence-electron chi connectivity index (χ2n) is 4.61. The van der Waals surface area contributed by atoms with Crippen molar-refractivity contribution in [2.45, 2.75) is 23.5 Å². The third kappa shape index (κ3) is 4.14. The fraction of sp³-hybridized carbons (Fsp3) is 0.235. The second-order valence-corrected chi connectivity index (χ2v) is 5.89. The van der Waals surface area contributed by atoms with Crippen molar-refractivity contribution in [1.29, 1.82) is 0 Å². The lowest BCUT2D eigenvalue weighted by Crippen LogP contribution is -2.06. The summed E-state index contributed by atoms with van der Waals surface area (Å²) >= 11 is 1.69. The summed E-state index contributed by atoms with van der Waals surface area (Å²) in [4.78, 5) is 12.8. The molecule has 0 saturated carbocycles. The van der Waals surface area contributed by atoms with E-state index in [1.165, 1.54) is 12.7 Å². The summed E-state index contributed by atoms with van der Waals surface area (Å²) in [5, 5.41) is 0.0753. The van der Waals surface area contributed by atoms with Crippen LogP contribution in [0.4, 0.5) is 0 Å². The zero-order valence-electron chi connectivity index (χ0n) is 11.7. The molecule has 3 heteroatoms. The van der Waals surface area contributed by atoms with Crippen LogP contribution in [0.3, 0.4) is 0 Å². The van der Waals surface area contributed by atoms with Gasteiger partial charge in [0.2, 0.25) is 0 Å². The number of hydrogen-bond donors (Lipinski definition) is 0. The van der Waals surface area contributed by atoms with Crippen LogP contribution in [-0.4, -0.2) is 13.1 Å². The Bertz CT molecular complexity index is 549. The van der Waals surface area contributed by atoms with Crippen LogP contribution >= 0.6 is 11.8 Å². The van der Waals surface area contributed by atoms with Gasteiger partial charge >= 0.3 is 5.97 Å². The molecule has 0 heterocycles. The van der Waals surface area contributed by atoms with Crippen LogP contribution in [0.1, 0.15) is 22.8 Å². The predicted molar refractivity (Wildman–Crippen MR) is 82.9 cm³/mol. The van der Waals surface area contributed by atoms with Crippen LogP contribution in [0.5, 0.6) is 0 Å². The topological polar surface area (TPSA) is 26.3 Å². The summed E-state index contributed by atoms with van der Waals surface area (Å²) in [6.45, 7) is 2.07. The van der Waals surface area contributed by atoms with Gasteiger partial charge in [-0.3, -0.25) is 4.79 Å². The molecule has 1 unspecified atom stereocenters. The van der Waals surface area contributed by atoms with E-state index in [0.717, 1.165) is 10.5 Å². The van der Waals surface area contributed by atoms with Gasteiger partial charge in [-0.05, 0) is 24.6 Å². The molecule has 0 aliphatic heterocycles. The minimum Gasteiger partial charge on any atom is -0.469 e. The summed E-state index contributed by atoms with van der Waals surface area (Å²) < 4.78 is 4.81. The number of thioether (sulfide) groups is 1. The Morgan fingerprint density at radius 2 is 1.75 bits per heavy atom. The molecule has 2 aromatic carbocycles. The maximum atomic E-state index is 11.6. The van der Waals surface area contributed by atoms with Gasteiger partial charge in [0, 0.05) is 10.1 Å². The zero-order chi connectivity index (χ0) is 14.4. The van der Waals surface area contributed by atoms with Gasteiger partial charge in [0.15, 0.2) is 0 Å². The van der Waals surface area contributed by atoms with E-state index in [1.807, 2.05) is 18.2 Å². The number of aryl methyl sites for hydroxylation is 1. The van der Waals surface area contributed by atoms with Crippen molar-refractivity contribution in [3.8, 4) is 0 Å². The maximum Gasteiger partial charge on any atom is 0.306 e. The van der Waals surface area contributed by atoms with Crippen molar-refractivity contribution in [3.05, 3.63) is 65.7 Å². The molecule has 0 N–H and O–H groups in total. The highest BCUT2D eigenvalue weighted by atomic mass is 32.2. The van der Waals surface area contributed by atoms with Gasteiger partial charge in [0.05, 0.1) is 13.5 Å². The fourth-order valence-corrected chi connectivity index (χ4v) is 3.05. The summed E-state index contributed by atoms with van der Waals surface area (Å²) in [6.07, 6.45) is 0.374. The molecule has 1 atom stereocenters. The Hall–Kier alpha value is -1.74. The molecule has 0 saturated heterocycles. The molecule has 2 rings (SSSR count). The zero-order valence-corrected chi connectivity index (χ0v) is 12.5. The van der Waals surface area contributed by atoms with Crippen LogP contribution < -0.4 is 0 Å². The number of methoxy groups -OCH3 is 1. The van der Waals surface area contributed by atoms with Gasteiger partial charge in [-0.1, -0.05) is 48.0 Å². The van der Waals surface area contributed by atoms with Gasteiger partial charge in [0.1, 0.15) is 0 Å². The quantitative estimate of drug-likeness (QED) is 0.602. The molecule has 0 spiro atoms. The first-order valence-corrected chi connectivity index (χ1v) is 7.42. The lowest BCUT2D eigenvalue weighted by atomic mass is 10.1. The molecule has 0 amide bonds. The van der Waals surface area contributed by atoms with Crippen LogP contribution in [0.25, 0.3) is 0 Å². The molecule has 0 aromatic heterocycles. The van der Waals surface area contributed by atoms with E-state index in [9.17, 15) is 4.79 Å². The molecule has 0 aliphatic carbocycles. The third-order valence-electron chi connectivity index (χ3n) is 3.05. The Morgan fingerprint density at radius 1 is 1.10 bits per heavy atom. The number of rotatable bonds is 5. The van der Waals surface area contributed by atoms with E-state index in [-0.39, 0.29) is 11.2 Å². The van der Waals surface area contributed by atoms with E-state index in [4.69, 9.17) is 4.74 Å². The molecular weight excluding hydrogens is 268 g/mol. The minimum atomic E-state index is -0.182. The van der Waals surface area contributed by atoms with Crippen molar-refractivity contribution < 1.29 is 9.53 Å². The highest BCUT2D eigenvalue weighted by Gasteiger charge is 2.17. The number of carbonyl (C=O) groups excluding carboxylic acids is 1. The van der Waals surface area contributed by atoms with Crippen LogP contribution in [0, 0.1) is 6.92 Å². The van der Waals surface area contributed by atoms with Crippen molar-refractivity contribution in [3.63, 3.8) is 0 Å². The molecule has 20 heavy (non-hydrogen) atoms. The Kier molecular flexibility index (Phi) is 5.24. The van der Waals surface area contributed by atoms with Crippen molar-refractivity contribution in [2.75, 3.05) is 7.11 Å². The van der Waals surface area contributed by atoms with Gasteiger partial charge in [-0.2, -0.15) is 0 Å². The second kappa shape index (κ2) is 7.15. The first-order valence-electron chi connectivity index (χ1n) is 6.54. The number of carbonyl (C=O) groups is 1. The van der Waals surface area contributed by atoms with Gasteiger partial charge in [-0.25, -0.2) is 0 Å². The number of hydrogen-bond acceptors (Lipinski definition) is 3. The SMILES string of the molecule is COC(=O)CC(Sc1ccc(C)cc1)c1ccccc1. The predicted octanol–water partition coefficient (Wildman–Crippen LogP) is 4.39. The molecular formula is C17H18O2S. The van der Waals surface area contributed by atoms with Crippen molar-refractivity contribution >= 4 is 17.7 Å². The Balaban J connectivity index is 2.18.